The fourth-order valence-electron chi connectivity index (χ4n) is 2.82. The van der Waals surface area contributed by atoms with E-state index in [9.17, 15) is 4.39 Å². The summed E-state index contributed by atoms with van der Waals surface area (Å²) in [5, 5.41) is 12.2. The van der Waals surface area contributed by atoms with Gasteiger partial charge in [-0.25, -0.2) is 4.39 Å². The summed E-state index contributed by atoms with van der Waals surface area (Å²) in [6, 6.07) is 6.73. The zero-order chi connectivity index (χ0) is 15.1. The molecule has 0 bridgehead atoms. The Labute approximate surface area is 126 Å². The molecule has 1 saturated heterocycles. The van der Waals surface area contributed by atoms with Crippen LogP contribution in [0.15, 0.2) is 18.2 Å². The molecule has 0 saturated carbocycles. The van der Waals surface area contributed by atoms with E-state index in [1.807, 2.05) is 6.07 Å². The molecule has 1 aromatic carbocycles. The van der Waals surface area contributed by atoms with Crippen molar-refractivity contribution < 1.29 is 4.39 Å². The van der Waals surface area contributed by atoms with Crippen molar-refractivity contribution in [3.63, 3.8) is 0 Å². The summed E-state index contributed by atoms with van der Waals surface area (Å²) in [6.45, 7) is 7.08. The summed E-state index contributed by atoms with van der Waals surface area (Å²) >= 11 is 0. The summed E-state index contributed by atoms with van der Waals surface area (Å²) in [5.41, 5.74) is 1.08. The van der Waals surface area contributed by atoms with Gasteiger partial charge in [0.15, 0.2) is 0 Å². The molecule has 4 heteroatoms. The molecule has 1 heterocycles. The van der Waals surface area contributed by atoms with Gasteiger partial charge < -0.3 is 5.32 Å². The number of benzene rings is 1. The molecule has 114 valence electrons. The lowest BCUT2D eigenvalue weighted by atomic mass is 9.96. The van der Waals surface area contributed by atoms with Crippen LogP contribution in [0, 0.1) is 23.1 Å². The smallest absolute Gasteiger partial charge is 0.129 e. The minimum absolute atomic E-state index is 0.263. The first-order chi connectivity index (χ1) is 10.2. The molecule has 0 aliphatic carbocycles. The molecule has 0 unspecified atom stereocenters. The van der Waals surface area contributed by atoms with Gasteiger partial charge in [0.2, 0.25) is 0 Å². The van der Waals surface area contributed by atoms with Crippen LogP contribution in [0.25, 0.3) is 0 Å². The van der Waals surface area contributed by atoms with Gasteiger partial charge in [-0.15, -0.1) is 0 Å². The Kier molecular flexibility index (Phi) is 6.16. The Hall–Kier alpha value is -1.44. The van der Waals surface area contributed by atoms with E-state index in [-0.39, 0.29) is 5.82 Å². The summed E-state index contributed by atoms with van der Waals surface area (Å²) < 4.78 is 13.9. The summed E-state index contributed by atoms with van der Waals surface area (Å²) in [4.78, 5) is 2.31. The van der Waals surface area contributed by atoms with Crippen molar-refractivity contribution in [3.05, 3.63) is 35.1 Å². The number of piperidine rings is 1. The molecular formula is C17H24FN3. The van der Waals surface area contributed by atoms with Gasteiger partial charge in [-0.1, -0.05) is 13.0 Å². The highest BCUT2D eigenvalue weighted by molar-refractivity contribution is 5.32. The third-order valence-electron chi connectivity index (χ3n) is 4.14. The lowest BCUT2D eigenvalue weighted by Gasteiger charge is -2.32. The molecule has 1 fully saturated rings. The summed E-state index contributed by atoms with van der Waals surface area (Å²) in [6.07, 6.45) is 3.53. The van der Waals surface area contributed by atoms with E-state index in [1.54, 1.807) is 12.1 Å². The van der Waals surface area contributed by atoms with Gasteiger partial charge in [0.05, 0.1) is 11.6 Å². The highest BCUT2D eigenvalue weighted by atomic mass is 19.1. The molecule has 0 amide bonds. The third kappa shape index (κ3) is 4.80. The van der Waals surface area contributed by atoms with Crippen LogP contribution in [-0.2, 0) is 6.54 Å². The molecule has 3 nitrogen and oxygen atoms in total. The molecule has 21 heavy (non-hydrogen) atoms. The number of rotatable bonds is 6. The first-order valence-electron chi connectivity index (χ1n) is 7.84. The van der Waals surface area contributed by atoms with Crippen LogP contribution in [0.1, 0.15) is 37.3 Å². The summed E-state index contributed by atoms with van der Waals surface area (Å²) in [7, 11) is 0. The van der Waals surface area contributed by atoms with Crippen molar-refractivity contribution in [1.29, 1.82) is 5.26 Å². The standard InChI is InChI=1S/C17H24FN3/c1-2-7-20-12-14-5-8-21(9-6-14)13-16-4-3-15(11-19)10-17(16)18/h3-4,10,14,20H,2,5-9,12-13H2,1H3. The van der Waals surface area contributed by atoms with E-state index in [0.29, 0.717) is 17.7 Å². The SMILES string of the molecule is CCCNCC1CCN(Cc2ccc(C#N)cc2F)CC1. The second-order valence-corrected chi connectivity index (χ2v) is 5.84. The molecule has 1 aliphatic rings. The topological polar surface area (TPSA) is 39.1 Å². The van der Waals surface area contributed by atoms with Crippen LogP contribution >= 0.6 is 0 Å². The number of halogens is 1. The fraction of sp³-hybridized carbons (Fsp3) is 0.588. The zero-order valence-corrected chi connectivity index (χ0v) is 12.7. The average molecular weight is 289 g/mol. The normalized spacial score (nSPS) is 16.8. The molecule has 0 spiro atoms. The zero-order valence-electron chi connectivity index (χ0n) is 12.7. The van der Waals surface area contributed by atoms with E-state index in [0.717, 1.165) is 32.1 Å². The van der Waals surface area contributed by atoms with Gasteiger partial charge in [-0.3, -0.25) is 4.90 Å². The lowest BCUT2D eigenvalue weighted by Crippen LogP contribution is -2.37. The van der Waals surface area contributed by atoms with Crippen LogP contribution in [0.4, 0.5) is 4.39 Å². The van der Waals surface area contributed by atoms with Gasteiger partial charge >= 0.3 is 0 Å². The largest absolute Gasteiger partial charge is 0.316 e. The Morgan fingerprint density at radius 1 is 1.38 bits per heavy atom. The maximum absolute atomic E-state index is 13.9. The number of hydrogen-bond donors (Lipinski definition) is 1. The average Bonchev–Trinajstić information content (AvgIpc) is 2.51. The van der Waals surface area contributed by atoms with Crippen molar-refractivity contribution in [2.45, 2.75) is 32.7 Å². The number of likely N-dealkylation sites (tertiary alicyclic amines) is 1. The van der Waals surface area contributed by atoms with Crippen molar-refractivity contribution in [3.8, 4) is 6.07 Å². The summed E-state index contributed by atoms with van der Waals surface area (Å²) in [5.74, 6) is 0.486. The van der Waals surface area contributed by atoms with Gasteiger partial charge in [-0.05, 0) is 63.5 Å². The molecule has 0 radical (unpaired) electrons. The number of nitrogens with zero attached hydrogens (tertiary/aromatic N) is 2. The van der Waals surface area contributed by atoms with Gasteiger partial charge in [0, 0.05) is 12.1 Å². The highest BCUT2D eigenvalue weighted by Gasteiger charge is 2.19. The second kappa shape index (κ2) is 8.11. The maximum Gasteiger partial charge on any atom is 0.129 e. The maximum atomic E-state index is 13.9. The molecular weight excluding hydrogens is 265 g/mol. The van der Waals surface area contributed by atoms with Crippen molar-refractivity contribution >= 4 is 0 Å². The van der Waals surface area contributed by atoms with E-state index < -0.39 is 0 Å². The van der Waals surface area contributed by atoms with Crippen molar-refractivity contribution in [1.82, 2.24) is 10.2 Å². The number of nitriles is 1. The molecule has 1 N–H and O–H groups in total. The molecule has 1 aliphatic heterocycles. The van der Waals surface area contributed by atoms with Crippen LogP contribution < -0.4 is 5.32 Å². The fourth-order valence-corrected chi connectivity index (χ4v) is 2.82. The van der Waals surface area contributed by atoms with Crippen molar-refractivity contribution in [2.24, 2.45) is 5.92 Å². The van der Waals surface area contributed by atoms with Crippen LogP contribution in [-0.4, -0.2) is 31.1 Å². The Balaban J connectivity index is 1.80. The monoisotopic (exact) mass is 289 g/mol. The van der Waals surface area contributed by atoms with E-state index in [4.69, 9.17) is 5.26 Å². The minimum Gasteiger partial charge on any atom is -0.316 e. The van der Waals surface area contributed by atoms with Gasteiger partial charge in [-0.2, -0.15) is 5.26 Å². The van der Waals surface area contributed by atoms with Crippen LogP contribution in [0.2, 0.25) is 0 Å². The minimum atomic E-state index is -0.263. The predicted molar refractivity (Wildman–Crippen MR) is 82.3 cm³/mol. The van der Waals surface area contributed by atoms with E-state index in [2.05, 4.69) is 17.1 Å². The highest BCUT2D eigenvalue weighted by Crippen LogP contribution is 2.20. The van der Waals surface area contributed by atoms with Crippen molar-refractivity contribution in [2.75, 3.05) is 26.2 Å². The Morgan fingerprint density at radius 2 is 2.14 bits per heavy atom. The Bertz CT molecular complexity index is 487. The van der Waals surface area contributed by atoms with Gasteiger partial charge in [0.25, 0.3) is 0 Å². The third-order valence-corrected chi connectivity index (χ3v) is 4.14. The molecule has 0 aromatic heterocycles. The van der Waals surface area contributed by atoms with Crippen LogP contribution in [0.5, 0.6) is 0 Å². The first kappa shape index (κ1) is 15.9. The number of nitrogens with one attached hydrogen (secondary N) is 1. The molecule has 0 atom stereocenters. The van der Waals surface area contributed by atoms with E-state index >= 15 is 0 Å². The van der Waals surface area contributed by atoms with Gasteiger partial charge in [0.1, 0.15) is 5.82 Å². The first-order valence-corrected chi connectivity index (χ1v) is 7.84. The quantitative estimate of drug-likeness (QED) is 0.818. The Morgan fingerprint density at radius 3 is 2.76 bits per heavy atom. The van der Waals surface area contributed by atoms with E-state index in [1.165, 1.54) is 25.3 Å². The molecule has 2 rings (SSSR count). The predicted octanol–water partition coefficient (Wildman–Crippen LogP) is 2.91. The lowest BCUT2D eigenvalue weighted by molar-refractivity contribution is 0.174. The molecule has 1 aromatic rings. The number of hydrogen-bond acceptors (Lipinski definition) is 3. The second-order valence-electron chi connectivity index (χ2n) is 5.84. The van der Waals surface area contributed by atoms with Crippen LogP contribution in [0.3, 0.4) is 0 Å².